The Labute approximate surface area is 152 Å². The number of hydrogen-bond acceptors (Lipinski definition) is 2. The van der Waals surface area contributed by atoms with Crippen LogP contribution in [0.4, 0.5) is 0 Å². The first-order valence-electron chi connectivity index (χ1n) is 10.4. The predicted molar refractivity (Wildman–Crippen MR) is 97.8 cm³/mol. The number of likely N-dealkylation sites (tertiary alicyclic amines) is 1. The maximum atomic E-state index is 13.0. The van der Waals surface area contributed by atoms with Gasteiger partial charge < -0.3 is 10.2 Å². The summed E-state index contributed by atoms with van der Waals surface area (Å²) in [5.41, 5.74) is -0.0257. The second kappa shape index (κ2) is 6.28. The van der Waals surface area contributed by atoms with Crippen LogP contribution in [0.5, 0.6) is 0 Å². The van der Waals surface area contributed by atoms with E-state index in [9.17, 15) is 9.59 Å². The lowest BCUT2D eigenvalue weighted by Crippen LogP contribution is -2.58. The first-order chi connectivity index (χ1) is 11.8. The van der Waals surface area contributed by atoms with Gasteiger partial charge in [-0.2, -0.15) is 0 Å². The minimum atomic E-state index is -0.230. The molecule has 4 bridgehead atoms. The summed E-state index contributed by atoms with van der Waals surface area (Å²) in [6, 6.07) is 0.146. The standard InChI is InChI=1S/C21H34N2O2/c1-21(2,3)12-18(24)23-6-4-5-17(23)20(25)22-19-15-8-13-7-14(10-15)11-16(19)9-13/h13-17,19H,4-12H2,1-3H3,(H,22,25). The van der Waals surface area contributed by atoms with E-state index in [1.807, 2.05) is 4.90 Å². The molecule has 4 saturated carbocycles. The Morgan fingerprint density at radius 3 is 2.16 bits per heavy atom. The van der Waals surface area contributed by atoms with Crippen LogP contribution in [0, 0.1) is 29.1 Å². The van der Waals surface area contributed by atoms with Gasteiger partial charge in [-0.3, -0.25) is 9.59 Å². The van der Waals surface area contributed by atoms with Crippen LogP contribution < -0.4 is 5.32 Å². The summed E-state index contributed by atoms with van der Waals surface area (Å²) in [6.07, 6.45) is 9.00. The number of carbonyl (C=O) groups excluding carboxylic acids is 2. The van der Waals surface area contributed by atoms with Gasteiger partial charge in [0.25, 0.3) is 0 Å². The summed E-state index contributed by atoms with van der Waals surface area (Å²) in [6.45, 7) is 7.01. The van der Waals surface area contributed by atoms with E-state index in [0.717, 1.165) is 31.2 Å². The zero-order valence-corrected chi connectivity index (χ0v) is 16.1. The van der Waals surface area contributed by atoms with Crippen LogP contribution in [0.25, 0.3) is 0 Å². The van der Waals surface area contributed by atoms with E-state index in [1.165, 1.54) is 32.1 Å². The van der Waals surface area contributed by atoms with E-state index in [0.29, 0.717) is 24.3 Å². The van der Waals surface area contributed by atoms with E-state index in [1.54, 1.807) is 0 Å². The molecule has 5 fully saturated rings. The van der Waals surface area contributed by atoms with Gasteiger partial charge in [-0.15, -0.1) is 0 Å². The lowest BCUT2D eigenvalue weighted by Gasteiger charge is -2.54. The molecule has 0 spiro atoms. The Balaban J connectivity index is 1.40. The van der Waals surface area contributed by atoms with Gasteiger partial charge in [0.2, 0.25) is 11.8 Å². The molecular weight excluding hydrogens is 312 g/mol. The van der Waals surface area contributed by atoms with E-state index in [4.69, 9.17) is 0 Å². The van der Waals surface area contributed by atoms with Crippen LogP contribution in [0.3, 0.4) is 0 Å². The summed E-state index contributed by atoms with van der Waals surface area (Å²) < 4.78 is 0. The van der Waals surface area contributed by atoms with Crippen molar-refractivity contribution in [3.63, 3.8) is 0 Å². The molecule has 1 saturated heterocycles. The number of amides is 2. The molecule has 25 heavy (non-hydrogen) atoms. The molecular formula is C21H34N2O2. The van der Waals surface area contributed by atoms with Gasteiger partial charge in [0.05, 0.1) is 0 Å². The Morgan fingerprint density at radius 1 is 1.00 bits per heavy atom. The maximum absolute atomic E-state index is 13.0. The molecule has 4 aliphatic carbocycles. The maximum Gasteiger partial charge on any atom is 0.243 e. The van der Waals surface area contributed by atoms with E-state index in [-0.39, 0.29) is 23.3 Å². The molecule has 1 N–H and O–H groups in total. The Kier molecular flexibility index (Phi) is 4.36. The number of nitrogens with one attached hydrogen (secondary N) is 1. The van der Waals surface area contributed by atoms with Crippen molar-refractivity contribution in [3.05, 3.63) is 0 Å². The molecule has 140 valence electrons. The van der Waals surface area contributed by atoms with Crippen molar-refractivity contribution in [1.82, 2.24) is 10.2 Å². The molecule has 4 heteroatoms. The van der Waals surface area contributed by atoms with Gasteiger partial charge in [0, 0.05) is 19.0 Å². The molecule has 1 unspecified atom stereocenters. The van der Waals surface area contributed by atoms with Crippen LogP contribution >= 0.6 is 0 Å². The quantitative estimate of drug-likeness (QED) is 0.852. The van der Waals surface area contributed by atoms with Crippen LogP contribution in [0.15, 0.2) is 0 Å². The summed E-state index contributed by atoms with van der Waals surface area (Å²) in [5.74, 6) is 3.51. The number of nitrogens with zero attached hydrogens (tertiary/aromatic N) is 1. The first-order valence-corrected chi connectivity index (χ1v) is 10.4. The second-order valence-corrected chi connectivity index (χ2v) is 10.4. The topological polar surface area (TPSA) is 49.4 Å². The highest BCUT2D eigenvalue weighted by Gasteiger charge is 2.49. The summed E-state index contributed by atoms with van der Waals surface area (Å²) in [4.78, 5) is 27.5. The molecule has 1 aliphatic heterocycles. The third-order valence-electron chi connectivity index (χ3n) is 7.09. The third kappa shape index (κ3) is 3.46. The third-order valence-corrected chi connectivity index (χ3v) is 7.09. The largest absolute Gasteiger partial charge is 0.351 e. The number of rotatable bonds is 3. The molecule has 5 aliphatic rings. The zero-order valence-electron chi connectivity index (χ0n) is 16.1. The Morgan fingerprint density at radius 2 is 1.60 bits per heavy atom. The van der Waals surface area contributed by atoms with E-state index < -0.39 is 0 Å². The normalized spacial score (nSPS) is 39.7. The van der Waals surface area contributed by atoms with E-state index >= 15 is 0 Å². The fourth-order valence-electron chi connectivity index (χ4n) is 6.31. The monoisotopic (exact) mass is 346 g/mol. The summed E-state index contributed by atoms with van der Waals surface area (Å²) in [5, 5.41) is 3.42. The average molecular weight is 347 g/mol. The summed E-state index contributed by atoms with van der Waals surface area (Å²) in [7, 11) is 0. The summed E-state index contributed by atoms with van der Waals surface area (Å²) >= 11 is 0. The minimum Gasteiger partial charge on any atom is -0.351 e. The lowest BCUT2D eigenvalue weighted by atomic mass is 9.54. The van der Waals surface area contributed by atoms with Crippen LogP contribution in [0.2, 0.25) is 0 Å². The second-order valence-electron chi connectivity index (χ2n) is 10.4. The SMILES string of the molecule is CC(C)(C)CC(=O)N1CCCC1C(=O)NC1C2CC3CC(C2)CC1C3. The Bertz CT molecular complexity index is 523. The van der Waals surface area contributed by atoms with Gasteiger partial charge >= 0.3 is 0 Å². The van der Waals surface area contributed by atoms with Crippen molar-refractivity contribution >= 4 is 11.8 Å². The highest BCUT2D eigenvalue weighted by atomic mass is 16.2. The van der Waals surface area contributed by atoms with Gasteiger partial charge in [-0.25, -0.2) is 0 Å². The van der Waals surface area contributed by atoms with Crippen molar-refractivity contribution < 1.29 is 9.59 Å². The highest BCUT2D eigenvalue weighted by Crippen LogP contribution is 2.53. The fourth-order valence-corrected chi connectivity index (χ4v) is 6.31. The van der Waals surface area contributed by atoms with Gasteiger partial charge in [0.1, 0.15) is 6.04 Å². The highest BCUT2D eigenvalue weighted by molar-refractivity contribution is 5.88. The molecule has 1 atom stereocenters. The number of hydrogen-bond donors (Lipinski definition) is 1. The lowest BCUT2D eigenvalue weighted by molar-refractivity contribution is -0.141. The van der Waals surface area contributed by atoms with Crippen molar-refractivity contribution in [2.24, 2.45) is 29.1 Å². The average Bonchev–Trinajstić information content (AvgIpc) is 2.98. The van der Waals surface area contributed by atoms with E-state index in [2.05, 4.69) is 26.1 Å². The van der Waals surface area contributed by atoms with Gasteiger partial charge in [0.15, 0.2) is 0 Å². The van der Waals surface area contributed by atoms with Crippen LogP contribution in [-0.2, 0) is 9.59 Å². The number of carbonyl (C=O) groups is 2. The zero-order chi connectivity index (χ0) is 17.8. The molecule has 2 amide bonds. The predicted octanol–water partition coefficient (Wildman–Crippen LogP) is 3.35. The smallest absolute Gasteiger partial charge is 0.243 e. The Hall–Kier alpha value is -1.06. The van der Waals surface area contributed by atoms with Crippen LogP contribution in [-0.4, -0.2) is 35.3 Å². The van der Waals surface area contributed by atoms with Crippen molar-refractivity contribution in [3.8, 4) is 0 Å². The molecule has 0 aromatic heterocycles. The first kappa shape index (κ1) is 17.4. The molecule has 5 rings (SSSR count). The van der Waals surface area contributed by atoms with Gasteiger partial charge in [-0.1, -0.05) is 20.8 Å². The molecule has 4 nitrogen and oxygen atoms in total. The fraction of sp³-hybridized carbons (Fsp3) is 0.905. The molecule has 0 radical (unpaired) electrons. The van der Waals surface area contributed by atoms with Gasteiger partial charge in [-0.05, 0) is 74.0 Å². The molecule has 1 heterocycles. The molecule has 0 aromatic rings. The van der Waals surface area contributed by atoms with Crippen molar-refractivity contribution in [1.29, 1.82) is 0 Å². The van der Waals surface area contributed by atoms with Crippen molar-refractivity contribution in [2.75, 3.05) is 6.54 Å². The molecule has 0 aromatic carbocycles. The van der Waals surface area contributed by atoms with Crippen molar-refractivity contribution in [2.45, 2.75) is 84.2 Å². The van der Waals surface area contributed by atoms with Crippen LogP contribution in [0.1, 0.15) is 72.1 Å². The minimum absolute atomic E-state index is 0.0257.